The number of urea groups is 1. The van der Waals surface area contributed by atoms with Gasteiger partial charge in [0.15, 0.2) is 0 Å². The van der Waals surface area contributed by atoms with Crippen LogP contribution in [0.2, 0.25) is 0 Å². The number of aromatic nitrogens is 1. The molecule has 0 spiro atoms. The first-order valence-corrected chi connectivity index (χ1v) is 12.9. The number of benzene rings is 1. The van der Waals surface area contributed by atoms with Crippen LogP contribution >= 0.6 is 0 Å². The monoisotopic (exact) mass is 471 g/mol. The lowest BCUT2D eigenvalue weighted by molar-refractivity contribution is -0.122. The minimum atomic E-state index is -0.698. The number of hydrogen-bond donors (Lipinski definition) is 1. The van der Waals surface area contributed by atoms with Gasteiger partial charge in [0.1, 0.15) is 5.57 Å². The van der Waals surface area contributed by atoms with E-state index in [1.54, 1.807) is 6.08 Å². The molecule has 2 aromatic rings. The molecule has 5 fully saturated rings. The molecule has 0 radical (unpaired) electrons. The molecule has 0 atom stereocenters. The van der Waals surface area contributed by atoms with Crippen LogP contribution in [0.15, 0.2) is 42.1 Å². The number of aryl methyl sites for hydroxylation is 1. The molecule has 0 unspecified atom stereocenters. The highest BCUT2D eigenvalue weighted by molar-refractivity contribution is 6.39. The zero-order chi connectivity index (χ0) is 24.5. The van der Waals surface area contributed by atoms with Gasteiger partial charge < -0.3 is 4.57 Å². The Balaban J connectivity index is 1.29. The van der Waals surface area contributed by atoms with Gasteiger partial charge >= 0.3 is 6.03 Å². The van der Waals surface area contributed by atoms with Crippen molar-refractivity contribution >= 4 is 29.6 Å². The van der Waals surface area contributed by atoms with Gasteiger partial charge in [0.2, 0.25) is 0 Å². The predicted octanol–water partition coefficient (Wildman–Crippen LogP) is 5.51. The van der Waals surface area contributed by atoms with E-state index in [9.17, 15) is 14.4 Å². The van der Waals surface area contributed by atoms with Gasteiger partial charge in [-0.15, -0.1) is 0 Å². The standard InChI is InChI=1S/C29H33N3O3/c1-17(2)31-16-22(8-18(31)3)12-25-26(33)30-28(35)32(27(25)34)24-6-4-23(5-7-24)29-13-19-9-20(14-29)11-21(10-19)15-29/h4-8,12,16-17,19-21H,9-11,13-15H2,1-3H3,(H,30,33,35)/b25-12-. The highest BCUT2D eigenvalue weighted by Gasteiger charge is 2.51. The van der Waals surface area contributed by atoms with E-state index < -0.39 is 17.8 Å². The lowest BCUT2D eigenvalue weighted by atomic mass is 9.48. The van der Waals surface area contributed by atoms with E-state index in [0.29, 0.717) is 5.69 Å². The molecule has 1 saturated heterocycles. The van der Waals surface area contributed by atoms with Crippen LogP contribution in [0.1, 0.15) is 75.2 Å². The normalized spacial score (nSPS) is 31.1. The maximum atomic E-state index is 13.4. The Morgan fingerprint density at radius 3 is 2.11 bits per heavy atom. The van der Waals surface area contributed by atoms with Gasteiger partial charge in [0.25, 0.3) is 11.8 Å². The summed E-state index contributed by atoms with van der Waals surface area (Å²) in [5, 5.41) is 2.35. The highest BCUT2D eigenvalue weighted by atomic mass is 16.2. The fourth-order valence-corrected chi connectivity index (χ4v) is 7.74. The molecule has 4 aliphatic carbocycles. The molecule has 1 N–H and O–H groups in total. The molecule has 6 nitrogen and oxygen atoms in total. The van der Waals surface area contributed by atoms with E-state index in [1.165, 1.54) is 44.1 Å². The summed E-state index contributed by atoms with van der Waals surface area (Å²) in [7, 11) is 0. The predicted molar refractivity (Wildman–Crippen MR) is 135 cm³/mol. The summed E-state index contributed by atoms with van der Waals surface area (Å²) in [6.45, 7) is 6.15. The van der Waals surface area contributed by atoms with Crippen LogP contribution < -0.4 is 10.2 Å². The molecule has 1 aromatic carbocycles. The Kier molecular flexibility index (Phi) is 5.06. The molecule has 4 bridgehead atoms. The highest BCUT2D eigenvalue weighted by Crippen LogP contribution is 2.60. The van der Waals surface area contributed by atoms with Crippen molar-refractivity contribution in [3.63, 3.8) is 0 Å². The van der Waals surface area contributed by atoms with Crippen LogP contribution in [-0.2, 0) is 15.0 Å². The van der Waals surface area contributed by atoms with Crippen molar-refractivity contribution in [2.75, 3.05) is 4.90 Å². The average Bonchev–Trinajstić information content (AvgIpc) is 3.16. The Morgan fingerprint density at radius 2 is 1.57 bits per heavy atom. The molecule has 6 heteroatoms. The van der Waals surface area contributed by atoms with Crippen molar-refractivity contribution in [1.29, 1.82) is 0 Å². The van der Waals surface area contributed by atoms with Crippen LogP contribution in [0.4, 0.5) is 10.5 Å². The van der Waals surface area contributed by atoms with E-state index >= 15 is 0 Å². The summed E-state index contributed by atoms with van der Waals surface area (Å²) >= 11 is 0. The Bertz CT molecular complexity index is 1220. The Hall–Kier alpha value is -3.15. The van der Waals surface area contributed by atoms with Crippen LogP contribution in [0.5, 0.6) is 0 Å². The Morgan fingerprint density at radius 1 is 0.971 bits per heavy atom. The third-order valence-electron chi connectivity index (χ3n) is 8.82. The number of hydrogen-bond acceptors (Lipinski definition) is 3. The van der Waals surface area contributed by atoms with E-state index in [0.717, 1.165) is 33.9 Å². The van der Waals surface area contributed by atoms with Crippen molar-refractivity contribution in [1.82, 2.24) is 9.88 Å². The number of anilines is 1. The minimum absolute atomic E-state index is 0.0318. The van der Waals surface area contributed by atoms with Crippen molar-refractivity contribution in [3.8, 4) is 0 Å². The maximum absolute atomic E-state index is 13.4. The molecule has 5 aliphatic rings. The maximum Gasteiger partial charge on any atom is 0.335 e. The number of rotatable bonds is 4. The fraction of sp³-hybridized carbons (Fsp3) is 0.483. The summed E-state index contributed by atoms with van der Waals surface area (Å²) in [5.41, 5.74) is 3.86. The zero-order valence-electron chi connectivity index (χ0n) is 20.7. The summed E-state index contributed by atoms with van der Waals surface area (Å²) < 4.78 is 2.09. The van der Waals surface area contributed by atoms with Gasteiger partial charge in [-0.2, -0.15) is 0 Å². The van der Waals surface area contributed by atoms with Crippen molar-refractivity contribution in [3.05, 3.63) is 58.9 Å². The van der Waals surface area contributed by atoms with Crippen LogP contribution in [0.25, 0.3) is 6.08 Å². The van der Waals surface area contributed by atoms with Crippen molar-refractivity contribution in [2.24, 2.45) is 17.8 Å². The second kappa shape index (κ2) is 7.94. The van der Waals surface area contributed by atoms with Crippen LogP contribution in [0.3, 0.4) is 0 Å². The minimum Gasteiger partial charge on any atom is -0.349 e. The summed E-state index contributed by atoms with van der Waals surface area (Å²) in [4.78, 5) is 39.7. The van der Waals surface area contributed by atoms with Gasteiger partial charge in [-0.25, -0.2) is 9.69 Å². The number of nitrogens with one attached hydrogen (secondary N) is 1. The lowest BCUT2D eigenvalue weighted by Gasteiger charge is -2.57. The first-order valence-electron chi connectivity index (χ1n) is 12.9. The smallest absolute Gasteiger partial charge is 0.335 e. The van der Waals surface area contributed by atoms with Gasteiger partial charge in [0.05, 0.1) is 5.69 Å². The molecular formula is C29H33N3O3. The first kappa shape index (κ1) is 22.3. The van der Waals surface area contributed by atoms with Crippen molar-refractivity contribution < 1.29 is 14.4 Å². The van der Waals surface area contributed by atoms with Gasteiger partial charge in [-0.05, 0) is 118 Å². The average molecular weight is 472 g/mol. The van der Waals surface area contributed by atoms with E-state index in [4.69, 9.17) is 0 Å². The van der Waals surface area contributed by atoms with E-state index in [2.05, 4.69) is 35.9 Å². The van der Waals surface area contributed by atoms with Gasteiger partial charge in [0, 0.05) is 17.9 Å². The van der Waals surface area contributed by atoms with Gasteiger partial charge in [-0.3, -0.25) is 14.9 Å². The molecule has 4 amide bonds. The largest absolute Gasteiger partial charge is 0.349 e. The number of barbiturate groups is 1. The molecule has 1 aromatic heterocycles. The Labute approximate surface area is 206 Å². The molecule has 2 heterocycles. The van der Waals surface area contributed by atoms with E-state index in [1.807, 2.05) is 31.3 Å². The summed E-state index contributed by atoms with van der Waals surface area (Å²) in [6, 6.07) is 9.47. The van der Waals surface area contributed by atoms with Crippen LogP contribution in [-0.4, -0.2) is 22.4 Å². The topological polar surface area (TPSA) is 71.4 Å². The quantitative estimate of drug-likeness (QED) is 0.472. The molecule has 182 valence electrons. The van der Waals surface area contributed by atoms with Gasteiger partial charge in [-0.1, -0.05) is 12.1 Å². The van der Waals surface area contributed by atoms with Crippen molar-refractivity contribution in [2.45, 2.75) is 70.8 Å². The second-order valence-corrected chi connectivity index (χ2v) is 11.6. The molecule has 1 aliphatic heterocycles. The first-order chi connectivity index (χ1) is 16.7. The lowest BCUT2D eigenvalue weighted by Crippen LogP contribution is -2.54. The number of imide groups is 2. The fourth-order valence-electron chi connectivity index (χ4n) is 7.74. The van der Waals surface area contributed by atoms with Crippen LogP contribution in [0, 0.1) is 24.7 Å². The second-order valence-electron chi connectivity index (χ2n) is 11.6. The number of carbonyl (C=O) groups excluding carboxylic acids is 3. The molecule has 35 heavy (non-hydrogen) atoms. The third-order valence-corrected chi connectivity index (χ3v) is 8.82. The molecular weight excluding hydrogens is 438 g/mol. The molecule has 7 rings (SSSR count). The number of amides is 4. The summed E-state index contributed by atoms with van der Waals surface area (Å²) in [6.07, 6.45) is 11.5. The molecule has 4 saturated carbocycles. The summed E-state index contributed by atoms with van der Waals surface area (Å²) in [5.74, 6) is 1.31. The SMILES string of the molecule is Cc1cc(/C=C2/C(=O)NC(=O)N(c3ccc(C45CC6CC(CC(C6)C4)C5)cc3)C2=O)cn1C(C)C. The van der Waals surface area contributed by atoms with E-state index in [-0.39, 0.29) is 17.0 Å². The number of carbonyl (C=O) groups is 3. The number of nitrogens with zero attached hydrogens (tertiary/aromatic N) is 2. The third kappa shape index (κ3) is 3.65. The zero-order valence-corrected chi connectivity index (χ0v) is 20.7.